The number of carbonyl (C=O) groups is 1. The van der Waals surface area contributed by atoms with Crippen LogP contribution in [0.5, 0.6) is 0 Å². The molecular weight excluding hydrogens is 496 g/mol. The zero-order valence-corrected chi connectivity index (χ0v) is 21.5. The molecule has 1 atom stereocenters. The molecule has 1 N–H and O–H groups in total. The summed E-state index contributed by atoms with van der Waals surface area (Å²) in [6.07, 6.45) is 4.59. The summed E-state index contributed by atoms with van der Waals surface area (Å²) in [7, 11) is 0. The number of likely N-dealkylation sites (tertiary alicyclic amines) is 1. The van der Waals surface area contributed by atoms with Crippen LogP contribution in [0.4, 0.5) is 4.79 Å². The van der Waals surface area contributed by atoms with E-state index < -0.39 is 6.09 Å². The molecule has 3 aromatic rings. The van der Waals surface area contributed by atoms with Gasteiger partial charge >= 0.3 is 6.09 Å². The zero-order valence-electron chi connectivity index (χ0n) is 19.9. The molecule has 1 amide bonds. The first-order valence-corrected chi connectivity index (χ1v) is 12.5. The number of aryl methyl sites for hydroxylation is 1. The Morgan fingerprint density at radius 2 is 2.06 bits per heavy atom. The Kier molecular flexibility index (Phi) is 7.38. The molecule has 8 heteroatoms. The number of amides is 1. The van der Waals surface area contributed by atoms with Gasteiger partial charge < -0.3 is 14.6 Å². The number of rotatable bonds is 6. The second-order valence-corrected chi connectivity index (χ2v) is 10.3. The van der Waals surface area contributed by atoms with Crippen LogP contribution in [-0.4, -0.2) is 49.7 Å². The Labute approximate surface area is 208 Å². The van der Waals surface area contributed by atoms with Crippen LogP contribution in [0.25, 0.3) is 10.9 Å². The lowest BCUT2D eigenvalue weighted by Crippen LogP contribution is -2.49. The molecule has 1 aliphatic heterocycles. The van der Waals surface area contributed by atoms with Gasteiger partial charge in [0.25, 0.3) is 0 Å². The first-order chi connectivity index (χ1) is 16.2. The van der Waals surface area contributed by atoms with E-state index >= 15 is 0 Å². The highest BCUT2D eigenvalue weighted by molar-refractivity contribution is 9.10. The largest absolute Gasteiger partial charge is 0.465 e. The molecule has 0 saturated carbocycles. The fraction of sp³-hybridized carbons (Fsp3) is 0.423. The first-order valence-electron chi connectivity index (χ1n) is 11.7. The number of carboxylic acid groups (broad SMARTS) is 1. The number of nitrogens with zero attached hydrogens (tertiary/aromatic N) is 4. The van der Waals surface area contributed by atoms with Crippen LogP contribution in [-0.2, 0) is 13.1 Å². The summed E-state index contributed by atoms with van der Waals surface area (Å²) < 4.78 is 3.09. The Morgan fingerprint density at radius 3 is 2.76 bits per heavy atom. The summed E-state index contributed by atoms with van der Waals surface area (Å²) >= 11 is 3.53. The monoisotopic (exact) mass is 526 g/mol. The van der Waals surface area contributed by atoms with Gasteiger partial charge in [0.05, 0.1) is 5.52 Å². The van der Waals surface area contributed by atoms with E-state index in [4.69, 9.17) is 0 Å². The number of fused-ring (bicyclic) bond motifs is 1. The van der Waals surface area contributed by atoms with Crippen molar-refractivity contribution in [3.05, 3.63) is 74.2 Å². The maximum atomic E-state index is 13.5. The smallest absolute Gasteiger partial charge is 0.407 e. The van der Waals surface area contributed by atoms with E-state index in [1.807, 2.05) is 37.4 Å². The molecular formula is C26H31BrN4O3. The molecule has 2 aromatic heterocycles. The van der Waals surface area contributed by atoms with Crippen LogP contribution in [0.2, 0.25) is 0 Å². The molecule has 0 spiro atoms. The lowest BCUT2D eigenvalue weighted by molar-refractivity contribution is 0.0781. The van der Waals surface area contributed by atoms with Gasteiger partial charge in [-0.1, -0.05) is 15.9 Å². The van der Waals surface area contributed by atoms with Crippen molar-refractivity contribution in [1.29, 1.82) is 0 Å². The molecule has 0 radical (unpaired) electrons. The lowest BCUT2D eigenvalue weighted by Gasteiger charge is -2.38. The van der Waals surface area contributed by atoms with Gasteiger partial charge in [0.1, 0.15) is 0 Å². The maximum Gasteiger partial charge on any atom is 0.407 e. The Balaban J connectivity index is 1.75. The molecule has 7 nitrogen and oxygen atoms in total. The third-order valence-electron chi connectivity index (χ3n) is 6.53. The third-order valence-corrected chi connectivity index (χ3v) is 7.02. The van der Waals surface area contributed by atoms with Crippen molar-refractivity contribution in [2.75, 3.05) is 13.1 Å². The van der Waals surface area contributed by atoms with Crippen LogP contribution in [0, 0.1) is 6.92 Å². The topological polar surface area (TPSA) is 78.7 Å². The van der Waals surface area contributed by atoms with Gasteiger partial charge in [-0.05, 0) is 69.5 Å². The number of hydrogen-bond acceptors (Lipinski definition) is 4. The van der Waals surface area contributed by atoms with E-state index in [9.17, 15) is 14.7 Å². The molecule has 4 rings (SSSR count). The van der Waals surface area contributed by atoms with Crippen LogP contribution in [0.1, 0.15) is 49.6 Å². The second kappa shape index (κ2) is 10.3. The quantitative estimate of drug-likeness (QED) is 0.477. The summed E-state index contributed by atoms with van der Waals surface area (Å²) in [4.78, 5) is 33.3. The average molecular weight is 527 g/mol. The van der Waals surface area contributed by atoms with E-state index in [1.165, 1.54) is 4.90 Å². The summed E-state index contributed by atoms with van der Waals surface area (Å²) in [5.74, 6) is 0. The summed E-state index contributed by atoms with van der Waals surface area (Å²) in [5, 5.41) is 10.3. The van der Waals surface area contributed by atoms with E-state index in [0.29, 0.717) is 31.6 Å². The standard InChI is InChI=1S/C26H31BrN4O3/c1-17(2)31-15-20(25(32)23-7-6-21(27)12-24(23)31)14-30(13-19-8-9-28-18(3)11-19)22-5-4-10-29(16-22)26(33)34/h6-9,11-12,15,17,22H,4-5,10,13-14,16H2,1-3H3,(H,33,34). The molecule has 3 heterocycles. The maximum absolute atomic E-state index is 13.5. The Hall–Kier alpha value is -2.71. The van der Waals surface area contributed by atoms with E-state index in [0.717, 1.165) is 39.7 Å². The fourth-order valence-electron chi connectivity index (χ4n) is 4.82. The first kappa shape index (κ1) is 24.4. The minimum Gasteiger partial charge on any atom is -0.465 e. The van der Waals surface area contributed by atoms with Crippen molar-refractivity contribution in [3.8, 4) is 0 Å². The summed E-state index contributed by atoms with van der Waals surface area (Å²) in [5.41, 5.74) is 3.70. The SMILES string of the molecule is Cc1cc(CN(Cc2cn(C(C)C)c3cc(Br)ccc3c2=O)C2CCCN(C(=O)O)C2)ccn1. The van der Waals surface area contributed by atoms with Crippen molar-refractivity contribution in [2.45, 2.75) is 58.8 Å². The highest BCUT2D eigenvalue weighted by Gasteiger charge is 2.29. The van der Waals surface area contributed by atoms with Crippen LogP contribution in [0.15, 0.2) is 52.0 Å². The van der Waals surface area contributed by atoms with Crippen molar-refractivity contribution in [3.63, 3.8) is 0 Å². The van der Waals surface area contributed by atoms with Gasteiger partial charge in [-0.3, -0.25) is 14.7 Å². The summed E-state index contributed by atoms with van der Waals surface area (Å²) in [6, 6.07) is 10.0. The number of aromatic nitrogens is 2. The van der Waals surface area contributed by atoms with Gasteiger partial charge in [0, 0.05) is 71.8 Å². The zero-order chi connectivity index (χ0) is 24.4. The highest BCUT2D eigenvalue weighted by atomic mass is 79.9. The van der Waals surface area contributed by atoms with E-state index in [1.54, 1.807) is 6.20 Å². The van der Waals surface area contributed by atoms with Crippen molar-refractivity contribution < 1.29 is 9.90 Å². The predicted molar refractivity (Wildman–Crippen MR) is 137 cm³/mol. The molecule has 34 heavy (non-hydrogen) atoms. The van der Waals surface area contributed by atoms with Gasteiger partial charge in [0.2, 0.25) is 0 Å². The Bertz CT molecular complexity index is 1260. The second-order valence-electron chi connectivity index (χ2n) is 9.38. The highest BCUT2D eigenvalue weighted by Crippen LogP contribution is 2.24. The van der Waals surface area contributed by atoms with Gasteiger partial charge in [-0.2, -0.15) is 0 Å². The minimum absolute atomic E-state index is 0.0289. The summed E-state index contributed by atoms with van der Waals surface area (Å²) in [6.45, 7) is 8.26. The minimum atomic E-state index is -0.886. The van der Waals surface area contributed by atoms with Crippen molar-refractivity contribution >= 4 is 32.9 Å². The molecule has 180 valence electrons. The van der Waals surface area contributed by atoms with E-state index in [2.05, 4.69) is 50.3 Å². The number of hydrogen-bond donors (Lipinski definition) is 1. The molecule has 1 fully saturated rings. The average Bonchev–Trinajstić information content (AvgIpc) is 2.80. The number of halogens is 1. The lowest BCUT2D eigenvalue weighted by atomic mass is 10.0. The molecule has 0 aliphatic carbocycles. The van der Waals surface area contributed by atoms with Crippen molar-refractivity contribution in [1.82, 2.24) is 19.4 Å². The number of benzene rings is 1. The van der Waals surface area contributed by atoms with Gasteiger partial charge in [-0.25, -0.2) is 4.79 Å². The van der Waals surface area contributed by atoms with Crippen LogP contribution < -0.4 is 5.43 Å². The van der Waals surface area contributed by atoms with Gasteiger partial charge in [0.15, 0.2) is 5.43 Å². The van der Waals surface area contributed by atoms with Crippen LogP contribution >= 0.6 is 15.9 Å². The molecule has 1 aromatic carbocycles. The van der Waals surface area contributed by atoms with E-state index in [-0.39, 0.29) is 17.5 Å². The number of piperidine rings is 1. The van der Waals surface area contributed by atoms with Gasteiger partial charge in [-0.15, -0.1) is 0 Å². The Morgan fingerprint density at radius 1 is 1.26 bits per heavy atom. The molecule has 0 bridgehead atoms. The number of pyridine rings is 2. The van der Waals surface area contributed by atoms with Crippen LogP contribution in [0.3, 0.4) is 0 Å². The fourth-order valence-corrected chi connectivity index (χ4v) is 5.16. The normalized spacial score (nSPS) is 16.5. The molecule has 1 unspecified atom stereocenters. The molecule has 1 saturated heterocycles. The molecule has 1 aliphatic rings. The predicted octanol–water partition coefficient (Wildman–Crippen LogP) is 5.19. The van der Waals surface area contributed by atoms with Crippen molar-refractivity contribution in [2.24, 2.45) is 0 Å². The third kappa shape index (κ3) is 5.33.